The average Bonchev–Trinajstić information content (AvgIpc) is 3.09. The van der Waals surface area contributed by atoms with E-state index in [1.54, 1.807) is 41.9 Å². The van der Waals surface area contributed by atoms with Crippen molar-refractivity contribution < 1.29 is 9.59 Å². The quantitative estimate of drug-likeness (QED) is 0.359. The summed E-state index contributed by atoms with van der Waals surface area (Å²) in [6.07, 6.45) is 4.82. The number of carbonyl (C=O) groups is 2. The fourth-order valence-electron chi connectivity index (χ4n) is 3.33. The lowest BCUT2D eigenvalue weighted by atomic mass is 9.89. The zero-order valence-electron chi connectivity index (χ0n) is 15.7. The van der Waals surface area contributed by atoms with Gasteiger partial charge in [0.25, 0.3) is 5.91 Å². The Kier molecular flexibility index (Phi) is 6.03. The zero-order chi connectivity index (χ0) is 20.4. The first kappa shape index (κ1) is 20.1. The van der Waals surface area contributed by atoms with Gasteiger partial charge in [-0.2, -0.15) is 0 Å². The Hall–Kier alpha value is -2.16. The van der Waals surface area contributed by atoms with Gasteiger partial charge in [0.1, 0.15) is 16.2 Å². The van der Waals surface area contributed by atoms with E-state index in [0.29, 0.717) is 16.5 Å². The van der Waals surface area contributed by atoms with E-state index in [1.807, 2.05) is 0 Å². The lowest BCUT2D eigenvalue weighted by Crippen LogP contribution is -2.42. The van der Waals surface area contributed by atoms with Crippen LogP contribution in [-0.4, -0.2) is 27.5 Å². The van der Waals surface area contributed by atoms with Crippen LogP contribution in [-0.2, 0) is 17.6 Å². The van der Waals surface area contributed by atoms with Crippen LogP contribution in [0.5, 0.6) is 0 Å². The maximum absolute atomic E-state index is 12.2. The molecule has 6 nitrogen and oxygen atoms in total. The number of thioether (sulfide) groups is 1. The van der Waals surface area contributed by atoms with Gasteiger partial charge in [0.15, 0.2) is 0 Å². The van der Waals surface area contributed by atoms with Gasteiger partial charge in [-0.05, 0) is 55.0 Å². The summed E-state index contributed by atoms with van der Waals surface area (Å²) in [5.74, 6) is 0.135. The molecular formula is C20H19ClN4O2S2. The molecule has 4 rings (SSSR count). The van der Waals surface area contributed by atoms with Crippen molar-refractivity contribution in [3.8, 4) is 0 Å². The highest BCUT2D eigenvalue weighted by Crippen LogP contribution is 2.40. The molecule has 0 saturated heterocycles. The third-order valence-corrected chi connectivity index (χ3v) is 7.22. The zero-order valence-corrected chi connectivity index (χ0v) is 18.1. The number of hydrogen-bond donors (Lipinski definition) is 2. The second kappa shape index (κ2) is 8.69. The van der Waals surface area contributed by atoms with Crippen LogP contribution in [0.4, 0.5) is 0 Å². The van der Waals surface area contributed by atoms with E-state index in [1.165, 1.54) is 22.2 Å². The van der Waals surface area contributed by atoms with E-state index < -0.39 is 5.91 Å². The number of nitrogens with one attached hydrogen (secondary N) is 2. The number of aromatic nitrogens is 2. The summed E-state index contributed by atoms with van der Waals surface area (Å²) in [7, 11) is 0. The summed E-state index contributed by atoms with van der Waals surface area (Å²) in [5, 5.41) is 2.45. The van der Waals surface area contributed by atoms with Crippen LogP contribution in [0.1, 0.15) is 34.1 Å². The van der Waals surface area contributed by atoms with Crippen LogP contribution >= 0.6 is 34.7 Å². The molecular weight excluding hydrogens is 428 g/mol. The second-order valence-electron chi connectivity index (χ2n) is 7.01. The Labute approximate surface area is 181 Å². The van der Waals surface area contributed by atoms with Gasteiger partial charge in [-0.15, -0.1) is 11.3 Å². The molecule has 0 spiro atoms. The first-order chi connectivity index (χ1) is 14.0. The van der Waals surface area contributed by atoms with Gasteiger partial charge in [0.2, 0.25) is 5.91 Å². The smallest absolute Gasteiger partial charge is 0.269 e. The molecule has 2 amide bonds. The number of hydrazine groups is 1. The molecule has 0 unspecified atom stereocenters. The number of fused-ring (bicyclic) bond motifs is 3. The Balaban J connectivity index is 1.39. The summed E-state index contributed by atoms with van der Waals surface area (Å²) in [6.45, 7) is 2.28. The monoisotopic (exact) mass is 446 g/mol. The van der Waals surface area contributed by atoms with Crippen molar-refractivity contribution in [2.75, 3.05) is 5.75 Å². The van der Waals surface area contributed by atoms with Gasteiger partial charge in [0, 0.05) is 20.8 Å². The van der Waals surface area contributed by atoms with Crippen LogP contribution in [0, 0.1) is 5.92 Å². The summed E-state index contributed by atoms with van der Waals surface area (Å²) in [5.41, 5.74) is 6.61. The molecule has 2 heterocycles. The van der Waals surface area contributed by atoms with Gasteiger partial charge in [0.05, 0.1) is 5.75 Å². The number of nitrogens with zero attached hydrogens (tertiary/aromatic N) is 2. The molecule has 2 aromatic heterocycles. The minimum absolute atomic E-state index is 0.147. The standard InChI is InChI=1S/C20H19ClN4O2S2/c1-11-2-7-14-15(8-11)29-20-17(14)19(22-10-23-20)28-9-16(26)24-25-18(27)12-3-5-13(21)6-4-12/h3-6,10-11H,2,7-9H2,1H3,(H,24,26)(H,25,27)/t11-/m1/s1. The van der Waals surface area contributed by atoms with Crippen LogP contribution in [0.3, 0.4) is 0 Å². The van der Waals surface area contributed by atoms with Crippen LogP contribution < -0.4 is 10.9 Å². The summed E-state index contributed by atoms with van der Waals surface area (Å²) in [4.78, 5) is 35.5. The van der Waals surface area contributed by atoms with E-state index in [2.05, 4.69) is 27.7 Å². The largest absolute Gasteiger partial charge is 0.272 e. The summed E-state index contributed by atoms with van der Waals surface area (Å²) in [6, 6.07) is 6.43. The highest BCUT2D eigenvalue weighted by molar-refractivity contribution is 8.00. The number of amides is 2. The van der Waals surface area contributed by atoms with E-state index in [-0.39, 0.29) is 11.7 Å². The van der Waals surface area contributed by atoms with Gasteiger partial charge < -0.3 is 0 Å². The molecule has 9 heteroatoms. The molecule has 1 aromatic carbocycles. The Morgan fingerprint density at radius 2 is 2.03 bits per heavy atom. The number of rotatable bonds is 4. The molecule has 0 aliphatic heterocycles. The first-order valence-electron chi connectivity index (χ1n) is 9.24. The number of halogens is 1. The molecule has 3 aromatic rings. The van der Waals surface area contributed by atoms with Crippen molar-refractivity contribution >= 4 is 56.7 Å². The molecule has 1 aliphatic carbocycles. The number of benzene rings is 1. The lowest BCUT2D eigenvalue weighted by molar-refractivity contribution is -0.119. The highest BCUT2D eigenvalue weighted by Gasteiger charge is 2.23. The maximum atomic E-state index is 12.2. The third-order valence-electron chi connectivity index (χ3n) is 4.82. The summed E-state index contributed by atoms with van der Waals surface area (Å²) >= 11 is 8.91. The third kappa shape index (κ3) is 4.55. The van der Waals surface area contributed by atoms with Crippen molar-refractivity contribution in [2.45, 2.75) is 31.2 Å². The number of carbonyl (C=O) groups excluding carboxylic acids is 2. The molecule has 1 atom stereocenters. The predicted molar refractivity (Wildman–Crippen MR) is 116 cm³/mol. The first-order valence-corrected chi connectivity index (χ1v) is 11.4. The second-order valence-corrected chi connectivity index (χ2v) is 9.49. The van der Waals surface area contributed by atoms with Crippen molar-refractivity contribution in [2.24, 2.45) is 5.92 Å². The molecule has 29 heavy (non-hydrogen) atoms. The average molecular weight is 447 g/mol. The molecule has 150 valence electrons. The van der Waals surface area contributed by atoms with E-state index in [9.17, 15) is 9.59 Å². The minimum atomic E-state index is -0.398. The number of thiophene rings is 1. The fraction of sp³-hybridized carbons (Fsp3) is 0.300. The lowest BCUT2D eigenvalue weighted by Gasteiger charge is -2.18. The molecule has 2 N–H and O–H groups in total. The van der Waals surface area contributed by atoms with E-state index in [4.69, 9.17) is 11.6 Å². The van der Waals surface area contributed by atoms with Gasteiger partial charge in [-0.25, -0.2) is 9.97 Å². The molecule has 0 saturated carbocycles. The minimum Gasteiger partial charge on any atom is -0.272 e. The Morgan fingerprint density at radius 1 is 1.24 bits per heavy atom. The predicted octanol–water partition coefficient (Wildman–Crippen LogP) is 4.02. The number of aryl methyl sites for hydroxylation is 1. The highest BCUT2D eigenvalue weighted by atomic mass is 35.5. The molecule has 0 bridgehead atoms. The van der Waals surface area contributed by atoms with Crippen molar-refractivity contribution in [3.63, 3.8) is 0 Å². The maximum Gasteiger partial charge on any atom is 0.269 e. The Bertz CT molecular complexity index is 1070. The molecule has 0 radical (unpaired) electrons. The van der Waals surface area contributed by atoms with Crippen LogP contribution in [0.15, 0.2) is 35.6 Å². The van der Waals surface area contributed by atoms with Crippen molar-refractivity contribution in [1.29, 1.82) is 0 Å². The Morgan fingerprint density at radius 3 is 2.83 bits per heavy atom. The normalized spacial score (nSPS) is 15.7. The SMILES string of the molecule is C[C@@H]1CCc2c(sc3ncnc(SCC(=O)NNC(=O)c4ccc(Cl)cc4)c23)C1. The van der Waals surface area contributed by atoms with Gasteiger partial charge in [-0.3, -0.25) is 20.4 Å². The van der Waals surface area contributed by atoms with Crippen molar-refractivity contribution in [1.82, 2.24) is 20.8 Å². The van der Waals surface area contributed by atoms with Crippen molar-refractivity contribution in [3.05, 3.63) is 51.6 Å². The van der Waals surface area contributed by atoms with Crippen LogP contribution in [0.25, 0.3) is 10.2 Å². The van der Waals surface area contributed by atoms with Gasteiger partial charge in [-0.1, -0.05) is 30.3 Å². The van der Waals surface area contributed by atoms with E-state index in [0.717, 1.165) is 34.5 Å². The molecule has 1 aliphatic rings. The molecule has 0 fully saturated rings. The topological polar surface area (TPSA) is 84.0 Å². The van der Waals surface area contributed by atoms with Crippen LogP contribution in [0.2, 0.25) is 5.02 Å². The fourth-order valence-corrected chi connectivity index (χ4v) is 5.69. The summed E-state index contributed by atoms with van der Waals surface area (Å²) < 4.78 is 0. The van der Waals surface area contributed by atoms with Gasteiger partial charge >= 0.3 is 0 Å². The van der Waals surface area contributed by atoms with E-state index >= 15 is 0 Å². The number of hydrogen-bond acceptors (Lipinski definition) is 6.